The summed E-state index contributed by atoms with van der Waals surface area (Å²) in [6.07, 6.45) is 2.19. The molecule has 0 saturated heterocycles. The average molecular weight is 425 g/mol. The van der Waals surface area contributed by atoms with Crippen LogP contribution in [-0.2, 0) is 21.4 Å². The van der Waals surface area contributed by atoms with E-state index in [4.69, 9.17) is 13.9 Å². The molecule has 1 aromatic heterocycles. The molecule has 1 heterocycles. The standard InChI is InChI=1S/C20H28N2O6S/c1-4-22(5-2)29(24,25)17-9-10-19(26-3)18(14-17)20(23)21-11-7-12-27-15-16-8-6-13-28-16/h6,8-10,13-14H,4-5,7,11-12,15H2,1-3H3,(H,21,23). The van der Waals surface area contributed by atoms with E-state index in [1.165, 1.54) is 29.6 Å². The van der Waals surface area contributed by atoms with Crippen molar-refractivity contribution in [3.8, 4) is 5.75 Å². The average Bonchev–Trinajstić information content (AvgIpc) is 3.24. The third kappa shape index (κ3) is 6.06. The highest BCUT2D eigenvalue weighted by atomic mass is 32.2. The maximum Gasteiger partial charge on any atom is 0.255 e. The highest BCUT2D eigenvalue weighted by molar-refractivity contribution is 7.89. The Morgan fingerprint density at radius 2 is 1.97 bits per heavy atom. The minimum absolute atomic E-state index is 0.0638. The summed E-state index contributed by atoms with van der Waals surface area (Å²) in [7, 11) is -2.23. The number of carbonyl (C=O) groups excluding carboxylic acids is 1. The van der Waals surface area contributed by atoms with Gasteiger partial charge in [0.15, 0.2) is 0 Å². The first kappa shape index (κ1) is 22.9. The van der Waals surface area contributed by atoms with Crippen molar-refractivity contribution in [3.05, 3.63) is 47.9 Å². The van der Waals surface area contributed by atoms with Crippen LogP contribution in [0.3, 0.4) is 0 Å². The Bertz CT molecular complexity index is 876. The molecule has 2 aromatic rings. The van der Waals surface area contributed by atoms with Crippen molar-refractivity contribution in [2.24, 2.45) is 0 Å². The summed E-state index contributed by atoms with van der Waals surface area (Å²) in [5, 5.41) is 2.77. The van der Waals surface area contributed by atoms with Gasteiger partial charge in [-0.05, 0) is 36.8 Å². The van der Waals surface area contributed by atoms with Gasteiger partial charge in [0.1, 0.15) is 18.1 Å². The molecule has 160 valence electrons. The molecule has 0 radical (unpaired) electrons. The fourth-order valence-electron chi connectivity index (χ4n) is 2.78. The van der Waals surface area contributed by atoms with Crippen LogP contribution < -0.4 is 10.1 Å². The van der Waals surface area contributed by atoms with Gasteiger partial charge in [-0.25, -0.2) is 8.42 Å². The summed E-state index contributed by atoms with van der Waals surface area (Å²) in [5.41, 5.74) is 0.178. The van der Waals surface area contributed by atoms with E-state index in [0.29, 0.717) is 45.0 Å². The van der Waals surface area contributed by atoms with Gasteiger partial charge in [-0.1, -0.05) is 13.8 Å². The molecule has 1 aromatic carbocycles. The Morgan fingerprint density at radius 3 is 2.59 bits per heavy atom. The second-order valence-corrected chi connectivity index (χ2v) is 8.13. The van der Waals surface area contributed by atoms with Crippen molar-refractivity contribution in [2.45, 2.75) is 31.8 Å². The van der Waals surface area contributed by atoms with E-state index in [1.807, 2.05) is 6.07 Å². The molecule has 0 saturated carbocycles. The van der Waals surface area contributed by atoms with Gasteiger partial charge in [0.25, 0.3) is 5.91 Å². The second kappa shape index (κ2) is 11.0. The largest absolute Gasteiger partial charge is 0.496 e. The minimum atomic E-state index is -3.67. The van der Waals surface area contributed by atoms with E-state index in [2.05, 4.69) is 5.32 Å². The second-order valence-electron chi connectivity index (χ2n) is 6.19. The first-order chi connectivity index (χ1) is 13.9. The van der Waals surface area contributed by atoms with Gasteiger partial charge < -0.3 is 19.2 Å². The molecule has 29 heavy (non-hydrogen) atoms. The summed E-state index contributed by atoms with van der Waals surface area (Å²) in [6, 6.07) is 7.92. The van der Waals surface area contributed by atoms with Crippen molar-refractivity contribution >= 4 is 15.9 Å². The predicted molar refractivity (Wildman–Crippen MR) is 108 cm³/mol. The van der Waals surface area contributed by atoms with Gasteiger partial charge in [-0.2, -0.15) is 4.31 Å². The molecule has 0 fully saturated rings. The highest BCUT2D eigenvalue weighted by Gasteiger charge is 2.24. The molecular weight excluding hydrogens is 396 g/mol. The normalized spacial score (nSPS) is 11.6. The number of sulfonamides is 1. The third-order valence-corrected chi connectivity index (χ3v) is 6.38. The number of rotatable bonds is 12. The number of amides is 1. The van der Waals surface area contributed by atoms with Crippen molar-refractivity contribution in [1.29, 1.82) is 0 Å². The molecule has 1 N–H and O–H groups in total. The van der Waals surface area contributed by atoms with Crippen LogP contribution in [0.4, 0.5) is 0 Å². The van der Waals surface area contributed by atoms with Gasteiger partial charge in [0.2, 0.25) is 10.0 Å². The Hall–Kier alpha value is -2.36. The number of hydrogen-bond donors (Lipinski definition) is 1. The lowest BCUT2D eigenvalue weighted by molar-refractivity contribution is 0.0914. The summed E-state index contributed by atoms with van der Waals surface area (Å²) < 4.78 is 42.7. The molecule has 0 aliphatic rings. The van der Waals surface area contributed by atoms with Crippen LogP contribution in [0.1, 0.15) is 36.4 Å². The summed E-state index contributed by atoms with van der Waals surface area (Å²) >= 11 is 0. The monoisotopic (exact) mass is 424 g/mol. The number of benzene rings is 1. The lowest BCUT2D eigenvalue weighted by Crippen LogP contribution is -2.31. The molecule has 0 atom stereocenters. The Morgan fingerprint density at radius 1 is 1.21 bits per heavy atom. The topological polar surface area (TPSA) is 98.1 Å². The SMILES string of the molecule is CCN(CC)S(=O)(=O)c1ccc(OC)c(C(=O)NCCCOCc2ccco2)c1. The zero-order valence-corrected chi connectivity index (χ0v) is 17.8. The zero-order chi connectivity index (χ0) is 21.3. The number of nitrogens with one attached hydrogen (secondary N) is 1. The molecule has 0 spiro atoms. The highest BCUT2D eigenvalue weighted by Crippen LogP contribution is 2.24. The van der Waals surface area contributed by atoms with Crippen molar-refractivity contribution in [3.63, 3.8) is 0 Å². The van der Waals surface area contributed by atoms with Crippen LogP contribution in [0.2, 0.25) is 0 Å². The Kier molecular flexibility index (Phi) is 8.69. The summed E-state index contributed by atoms with van der Waals surface area (Å²) in [4.78, 5) is 12.6. The number of carbonyl (C=O) groups is 1. The van der Waals surface area contributed by atoms with Gasteiger partial charge in [0, 0.05) is 26.2 Å². The number of furan rings is 1. The number of ether oxygens (including phenoxy) is 2. The van der Waals surface area contributed by atoms with E-state index >= 15 is 0 Å². The Labute approximate surface area is 171 Å². The third-order valence-electron chi connectivity index (χ3n) is 4.33. The van der Waals surface area contributed by atoms with Crippen LogP contribution in [0.15, 0.2) is 45.9 Å². The summed E-state index contributed by atoms with van der Waals surface area (Å²) in [6.45, 7) is 5.45. The summed E-state index contributed by atoms with van der Waals surface area (Å²) in [5.74, 6) is 0.657. The molecule has 2 rings (SSSR count). The molecule has 0 unspecified atom stereocenters. The number of hydrogen-bond acceptors (Lipinski definition) is 6. The van der Waals surface area contributed by atoms with Crippen LogP contribution in [0, 0.1) is 0 Å². The van der Waals surface area contributed by atoms with E-state index in [9.17, 15) is 13.2 Å². The Balaban J connectivity index is 1.97. The van der Waals surface area contributed by atoms with Gasteiger partial charge >= 0.3 is 0 Å². The molecule has 0 aliphatic carbocycles. The molecule has 9 heteroatoms. The quantitative estimate of drug-likeness (QED) is 0.526. The first-order valence-electron chi connectivity index (χ1n) is 9.50. The van der Waals surface area contributed by atoms with Gasteiger partial charge in [-0.3, -0.25) is 4.79 Å². The van der Waals surface area contributed by atoms with Crippen LogP contribution in [0.5, 0.6) is 5.75 Å². The maximum atomic E-state index is 12.7. The van der Waals surface area contributed by atoms with E-state index < -0.39 is 15.9 Å². The smallest absolute Gasteiger partial charge is 0.255 e. The zero-order valence-electron chi connectivity index (χ0n) is 17.0. The molecule has 8 nitrogen and oxygen atoms in total. The van der Waals surface area contributed by atoms with Crippen LogP contribution >= 0.6 is 0 Å². The van der Waals surface area contributed by atoms with E-state index in [-0.39, 0.29) is 10.5 Å². The van der Waals surface area contributed by atoms with Crippen LogP contribution in [-0.4, -0.2) is 52.0 Å². The van der Waals surface area contributed by atoms with Crippen molar-refractivity contribution in [2.75, 3.05) is 33.4 Å². The lowest BCUT2D eigenvalue weighted by atomic mass is 10.2. The van der Waals surface area contributed by atoms with Gasteiger partial charge in [-0.15, -0.1) is 0 Å². The fraction of sp³-hybridized carbons (Fsp3) is 0.450. The number of methoxy groups -OCH3 is 1. The van der Waals surface area contributed by atoms with Gasteiger partial charge in [0.05, 0.1) is 23.8 Å². The lowest BCUT2D eigenvalue weighted by Gasteiger charge is -2.19. The molecule has 1 amide bonds. The minimum Gasteiger partial charge on any atom is -0.496 e. The van der Waals surface area contributed by atoms with E-state index in [1.54, 1.807) is 26.2 Å². The molecule has 0 bridgehead atoms. The molecular formula is C20H28N2O6S. The predicted octanol–water partition coefficient (Wildman–Crippen LogP) is 2.66. The molecule has 0 aliphatic heterocycles. The van der Waals surface area contributed by atoms with E-state index in [0.717, 1.165) is 5.76 Å². The number of nitrogens with zero attached hydrogens (tertiary/aromatic N) is 1. The first-order valence-corrected chi connectivity index (χ1v) is 10.9. The fourth-order valence-corrected chi connectivity index (χ4v) is 4.26. The van der Waals surface area contributed by atoms with Crippen LogP contribution in [0.25, 0.3) is 0 Å². The van der Waals surface area contributed by atoms with Crippen molar-refractivity contribution < 1.29 is 27.1 Å². The maximum absolute atomic E-state index is 12.7. The van der Waals surface area contributed by atoms with Crippen molar-refractivity contribution in [1.82, 2.24) is 9.62 Å².